The minimum atomic E-state index is 0.272. The molecule has 1 aliphatic heterocycles. The summed E-state index contributed by atoms with van der Waals surface area (Å²) in [7, 11) is 0. The van der Waals surface area contributed by atoms with E-state index in [0.29, 0.717) is 5.92 Å². The number of aromatic nitrogens is 3. The molecule has 0 N–H and O–H groups in total. The molecule has 0 aliphatic carbocycles. The van der Waals surface area contributed by atoms with Gasteiger partial charge in [-0.05, 0) is 31.5 Å². The Bertz CT molecular complexity index is 567. The van der Waals surface area contributed by atoms with E-state index < -0.39 is 0 Å². The molecule has 2 aromatic heterocycles. The lowest BCUT2D eigenvalue weighted by Gasteiger charge is -2.21. The predicted octanol–water partition coefficient (Wildman–Crippen LogP) is 2.97. The third kappa shape index (κ3) is 3.29. The van der Waals surface area contributed by atoms with Gasteiger partial charge in [0, 0.05) is 30.8 Å². The van der Waals surface area contributed by atoms with Crippen LogP contribution in [0.3, 0.4) is 0 Å². The van der Waals surface area contributed by atoms with Crippen LogP contribution in [0.5, 0.6) is 0 Å². The topological polar surface area (TPSA) is 55.1 Å². The molecular weight excluding hydrogens is 264 g/mol. The van der Waals surface area contributed by atoms with E-state index in [9.17, 15) is 0 Å². The van der Waals surface area contributed by atoms with Crippen molar-refractivity contribution in [1.29, 1.82) is 0 Å². The summed E-state index contributed by atoms with van der Waals surface area (Å²) in [5.74, 6) is 1.89. The Kier molecular flexibility index (Phi) is 4.29. The standard InChI is InChI=1S/C16H22N4O/c1-12(2)15-18-16(21-19-15)14-7-5-10-20(14)11-8-13-6-3-4-9-17-13/h3-4,6,9,12,14H,5,7-8,10-11H2,1-2H3/t14-/m1/s1. The van der Waals surface area contributed by atoms with Gasteiger partial charge in [0.1, 0.15) is 0 Å². The van der Waals surface area contributed by atoms with Gasteiger partial charge in [-0.15, -0.1) is 0 Å². The lowest BCUT2D eigenvalue weighted by molar-refractivity contribution is 0.209. The van der Waals surface area contributed by atoms with Crippen molar-refractivity contribution in [1.82, 2.24) is 20.0 Å². The summed E-state index contributed by atoms with van der Waals surface area (Å²) >= 11 is 0. The van der Waals surface area contributed by atoms with Gasteiger partial charge in [-0.2, -0.15) is 4.98 Å². The van der Waals surface area contributed by atoms with Crippen molar-refractivity contribution < 1.29 is 4.52 Å². The fraction of sp³-hybridized carbons (Fsp3) is 0.562. The summed E-state index contributed by atoms with van der Waals surface area (Å²) in [5, 5.41) is 4.09. The maximum Gasteiger partial charge on any atom is 0.244 e. The first-order valence-electron chi connectivity index (χ1n) is 7.71. The van der Waals surface area contributed by atoms with Crippen LogP contribution in [-0.2, 0) is 6.42 Å². The first kappa shape index (κ1) is 14.2. The monoisotopic (exact) mass is 286 g/mol. The molecule has 1 atom stereocenters. The molecule has 0 saturated carbocycles. The third-order valence-electron chi connectivity index (χ3n) is 4.00. The van der Waals surface area contributed by atoms with Gasteiger partial charge in [-0.1, -0.05) is 25.1 Å². The van der Waals surface area contributed by atoms with Crippen LogP contribution in [0.15, 0.2) is 28.9 Å². The van der Waals surface area contributed by atoms with Gasteiger partial charge in [-0.25, -0.2) is 0 Å². The molecule has 1 fully saturated rings. The Morgan fingerprint density at radius 3 is 3.00 bits per heavy atom. The molecule has 0 radical (unpaired) electrons. The molecule has 0 amide bonds. The van der Waals surface area contributed by atoms with Crippen molar-refractivity contribution in [3.05, 3.63) is 41.8 Å². The largest absolute Gasteiger partial charge is 0.338 e. The highest BCUT2D eigenvalue weighted by atomic mass is 16.5. The van der Waals surface area contributed by atoms with Crippen molar-refractivity contribution in [2.75, 3.05) is 13.1 Å². The molecule has 0 spiro atoms. The van der Waals surface area contributed by atoms with Gasteiger partial charge in [0.15, 0.2) is 5.82 Å². The van der Waals surface area contributed by atoms with E-state index in [2.05, 4.69) is 39.9 Å². The number of hydrogen-bond donors (Lipinski definition) is 0. The van der Waals surface area contributed by atoms with E-state index in [1.807, 2.05) is 18.3 Å². The molecular formula is C16H22N4O. The SMILES string of the molecule is CC(C)c1noc([C@H]2CCCN2CCc2ccccn2)n1. The molecule has 5 heteroatoms. The van der Waals surface area contributed by atoms with Crippen LogP contribution in [-0.4, -0.2) is 33.1 Å². The Balaban J connectivity index is 1.64. The van der Waals surface area contributed by atoms with Gasteiger partial charge in [0.2, 0.25) is 5.89 Å². The highest BCUT2D eigenvalue weighted by molar-refractivity contribution is 5.05. The van der Waals surface area contributed by atoms with Gasteiger partial charge in [0.25, 0.3) is 0 Å². The molecule has 2 aromatic rings. The number of nitrogens with zero attached hydrogens (tertiary/aromatic N) is 4. The first-order chi connectivity index (χ1) is 10.2. The average Bonchev–Trinajstić information content (AvgIpc) is 3.15. The van der Waals surface area contributed by atoms with Crippen molar-refractivity contribution in [2.45, 2.75) is 45.1 Å². The summed E-state index contributed by atoms with van der Waals surface area (Å²) in [6.45, 7) is 6.25. The Labute approximate surface area is 125 Å². The van der Waals surface area contributed by atoms with E-state index in [4.69, 9.17) is 4.52 Å². The number of rotatable bonds is 5. The van der Waals surface area contributed by atoms with E-state index in [1.165, 1.54) is 6.42 Å². The first-order valence-corrected chi connectivity index (χ1v) is 7.71. The van der Waals surface area contributed by atoms with Crippen molar-refractivity contribution in [2.24, 2.45) is 0 Å². The summed E-state index contributed by atoms with van der Waals surface area (Å²) in [4.78, 5) is 11.4. The van der Waals surface area contributed by atoms with Crippen LogP contribution in [0.2, 0.25) is 0 Å². The minimum absolute atomic E-state index is 0.272. The zero-order valence-electron chi connectivity index (χ0n) is 12.7. The summed E-state index contributed by atoms with van der Waals surface area (Å²) < 4.78 is 5.47. The summed E-state index contributed by atoms with van der Waals surface area (Å²) in [6.07, 6.45) is 5.10. The lowest BCUT2D eigenvalue weighted by atomic mass is 10.2. The summed E-state index contributed by atoms with van der Waals surface area (Å²) in [5.41, 5.74) is 1.14. The number of hydrogen-bond acceptors (Lipinski definition) is 5. The zero-order valence-corrected chi connectivity index (χ0v) is 12.7. The molecule has 0 aromatic carbocycles. The smallest absolute Gasteiger partial charge is 0.244 e. The number of pyridine rings is 1. The molecule has 1 saturated heterocycles. The van der Waals surface area contributed by atoms with Gasteiger partial charge in [0.05, 0.1) is 6.04 Å². The second kappa shape index (κ2) is 6.35. The quantitative estimate of drug-likeness (QED) is 0.845. The van der Waals surface area contributed by atoms with Gasteiger partial charge < -0.3 is 4.52 Å². The summed E-state index contributed by atoms with van der Waals surface area (Å²) in [6, 6.07) is 6.34. The van der Waals surface area contributed by atoms with Crippen LogP contribution in [0, 0.1) is 0 Å². The van der Waals surface area contributed by atoms with Gasteiger partial charge in [-0.3, -0.25) is 9.88 Å². The van der Waals surface area contributed by atoms with E-state index in [1.54, 1.807) is 0 Å². The highest BCUT2D eigenvalue weighted by Gasteiger charge is 2.30. The minimum Gasteiger partial charge on any atom is -0.338 e. The molecule has 0 bridgehead atoms. The highest BCUT2D eigenvalue weighted by Crippen LogP contribution is 2.31. The third-order valence-corrected chi connectivity index (χ3v) is 4.00. The fourth-order valence-electron chi connectivity index (χ4n) is 2.79. The average molecular weight is 286 g/mol. The molecule has 112 valence electrons. The molecule has 5 nitrogen and oxygen atoms in total. The fourth-order valence-corrected chi connectivity index (χ4v) is 2.79. The normalized spacial score (nSPS) is 19.5. The second-order valence-corrected chi connectivity index (χ2v) is 5.91. The molecule has 0 unspecified atom stereocenters. The molecule has 3 heterocycles. The predicted molar refractivity (Wildman–Crippen MR) is 79.9 cm³/mol. The van der Waals surface area contributed by atoms with Crippen LogP contribution in [0.25, 0.3) is 0 Å². The van der Waals surface area contributed by atoms with Crippen LogP contribution in [0.1, 0.15) is 56.1 Å². The van der Waals surface area contributed by atoms with E-state index >= 15 is 0 Å². The van der Waals surface area contributed by atoms with Crippen LogP contribution in [0.4, 0.5) is 0 Å². The molecule has 21 heavy (non-hydrogen) atoms. The maximum atomic E-state index is 5.47. The van der Waals surface area contributed by atoms with Gasteiger partial charge >= 0.3 is 0 Å². The number of likely N-dealkylation sites (tertiary alicyclic amines) is 1. The molecule has 1 aliphatic rings. The van der Waals surface area contributed by atoms with Crippen molar-refractivity contribution >= 4 is 0 Å². The Morgan fingerprint density at radius 2 is 2.29 bits per heavy atom. The van der Waals surface area contributed by atoms with Crippen molar-refractivity contribution in [3.8, 4) is 0 Å². The van der Waals surface area contributed by atoms with E-state index in [-0.39, 0.29) is 6.04 Å². The zero-order chi connectivity index (χ0) is 14.7. The molecule has 3 rings (SSSR count). The van der Waals surface area contributed by atoms with E-state index in [0.717, 1.165) is 43.3 Å². The Morgan fingerprint density at radius 1 is 1.38 bits per heavy atom. The maximum absolute atomic E-state index is 5.47. The Hall–Kier alpha value is -1.75. The second-order valence-electron chi connectivity index (χ2n) is 5.91. The van der Waals surface area contributed by atoms with Crippen molar-refractivity contribution in [3.63, 3.8) is 0 Å². The van der Waals surface area contributed by atoms with Crippen LogP contribution < -0.4 is 0 Å². The lowest BCUT2D eigenvalue weighted by Crippen LogP contribution is -2.26. The van der Waals surface area contributed by atoms with Crippen LogP contribution >= 0.6 is 0 Å².